The third-order valence-corrected chi connectivity index (χ3v) is 9.67. The summed E-state index contributed by atoms with van der Waals surface area (Å²) in [7, 11) is -3.50. The van der Waals surface area contributed by atoms with Crippen LogP contribution in [0.15, 0.2) is 60.8 Å². The maximum Gasteiger partial charge on any atom is 0.229 e. The molecule has 0 bridgehead atoms. The number of nitrogens with one attached hydrogen (secondary N) is 1. The molecular weight excluding hydrogens is 511 g/mol. The summed E-state index contributed by atoms with van der Waals surface area (Å²) in [6, 6.07) is 14.1. The van der Waals surface area contributed by atoms with Crippen LogP contribution in [0.5, 0.6) is 0 Å². The van der Waals surface area contributed by atoms with Crippen molar-refractivity contribution in [3.05, 3.63) is 75.8 Å². The molecule has 2 aliphatic rings. The molecule has 35 heavy (non-hydrogen) atoms. The van der Waals surface area contributed by atoms with Gasteiger partial charge in [-0.1, -0.05) is 11.6 Å². The van der Waals surface area contributed by atoms with Crippen LogP contribution < -0.4 is 9.62 Å². The lowest BCUT2D eigenvalue weighted by molar-refractivity contribution is -0.117. The fraction of sp³-hybridized carbons (Fsp3) is 0.250. The lowest BCUT2D eigenvalue weighted by atomic mass is 10.1. The van der Waals surface area contributed by atoms with Crippen LogP contribution in [0.3, 0.4) is 0 Å². The van der Waals surface area contributed by atoms with E-state index in [-0.39, 0.29) is 23.4 Å². The van der Waals surface area contributed by atoms with Crippen LogP contribution in [0.25, 0.3) is 16.6 Å². The van der Waals surface area contributed by atoms with Gasteiger partial charge in [0.2, 0.25) is 15.9 Å². The van der Waals surface area contributed by atoms with E-state index in [4.69, 9.17) is 11.6 Å². The summed E-state index contributed by atoms with van der Waals surface area (Å²) >= 11 is 7.54. The van der Waals surface area contributed by atoms with Gasteiger partial charge in [-0.05, 0) is 67.4 Å². The number of amides is 1. The molecule has 4 aromatic rings. The molecule has 1 saturated heterocycles. The Balaban J connectivity index is 1.39. The van der Waals surface area contributed by atoms with Gasteiger partial charge < -0.3 is 4.90 Å². The van der Waals surface area contributed by atoms with E-state index in [2.05, 4.69) is 9.82 Å². The van der Waals surface area contributed by atoms with Gasteiger partial charge in [-0.3, -0.25) is 4.79 Å². The van der Waals surface area contributed by atoms with E-state index in [1.165, 1.54) is 23.5 Å². The van der Waals surface area contributed by atoms with E-state index in [0.717, 1.165) is 15.8 Å². The summed E-state index contributed by atoms with van der Waals surface area (Å²) in [5, 5.41) is 4.85. The molecule has 1 saturated carbocycles. The number of thiophene rings is 1. The van der Waals surface area contributed by atoms with Crippen molar-refractivity contribution in [1.82, 2.24) is 14.5 Å². The van der Waals surface area contributed by atoms with Gasteiger partial charge in [0.25, 0.3) is 0 Å². The first-order valence-electron chi connectivity index (χ1n) is 11.1. The largest absolute Gasteiger partial charge is 0.302 e. The molecule has 1 amide bonds. The molecule has 1 aliphatic carbocycles. The van der Waals surface area contributed by atoms with Crippen molar-refractivity contribution < 1.29 is 17.6 Å². The molecule has 1 aliphatic heterocycles. The van der Waals surface area contributed by atoms with Crippen LogP contribution in [-0.2, 0) is 14.8 Å². The van der Waals surface area contributed by atoms with E-state index < -0.39 is 22.1 Å². The van der Waals surface area contributed by atoms with Crippen molar-refractivity contribution in [3.8, 4) is 5.69 Å². The van der Waals surface area contributed by atoms with E-state index >= 15 is 0 Å². The highest BCUT2D eigenvalue weighted by atomic mass is 35.5. The zero-order valence-electron chi connectivity index (χ0n) is 18.3. The van der Waals surface area contributed by atoms with E-state index in [1.807, 2.05) is 24.3 Å². The van der Waals surface area contributed by atoms with Crippen molar-refractivity contribution in [2.75, 3.05) is 4.90 Å². The van der Waals surface area contributed by atoms with Gasteiger partial charge in [0, 0.05) is 22.4 Å². The SMILES string of the molecule is O=C1C[C@H](NS(=O)(=O)C2CC2)[C@@H](c2ccc(Cl)s2)N1c1ccc2c(cnn2-c2ccc(F)cc2)c1. The Labute approximate surface area is 210 Å². The molecular formula is C24H20ClFN4O3S2. The Morgan fingerprint density at radius 1 is 1.06 bits per heavy atom. The Kier molecular flexibility index (Phi) is 5.44. The third-order valence-electron chi connectivity index (χ3n) is 6.39. The standard InChI is InChI=1S/C24H20ClFN4O3S2/c25-22-10-9-21(34-22)24-19(28-35(32,33)18-6-7-18)12-23(31)29(24)17-5-8-20-14(11-17)13-27-30(20)16-3-1-15(26)2-4-16/h1-5,8-11,13,18-19,24,28H,6-7,12H2/t19-,24-/m0/s1. The number of halogens is 2. The van der Waals surface area contributed by atoms with Crippen molar-refractivity contribution in [2.45, 2.75) is 36.6 Å². The average Bonchev–Trinajstić information content (AvgIpc) is 3.38. The van der Waals surface area contributed by atoms with Gasteiger partial charge in [0.05, 0.1) is 39.1 Å². The number of anilines is 1. The quantitative estimate of drug-likeness (QED) is 0.388. The number of rotatable bonds is 6. The molecule has 2 aromatic carbocycles. The second-order valence-electron chi connectivity index (χ2n) is 8.80. The van der Waals surface area contributed by atoms with Gasteiger partial charge >= 0.3 is 0 Å². The average molecular weight is 531 g/mol. The lowest BCUT2D eigenvalue weighted by Gasteiger charge is -2.28. The molecule has 180 valence electrons. The van der Waals surface area contributed by atoms with Crippen LogP contribution >= 0.6 is 22.9 Å². The van der Waals surface area contributed by atoms with Crippen LogP contribution in [0.2, 0.25) is 4.34 Å². The second kappa shape index (κ2) is 8.41. The summed E-state index contributed by atoms with van der Waals surface area (Å²) in [5.74, 6) is -0.500. The zero-order chi connectivity index (χ0) is 24.3. The first kappa shape index (κ1) is 22.7. The number of hydrogen-bond acceptors (Lipinski definition) is 5. The number of aromatic nitrogens is 2. The molecule has 11 heteroatoms. The molecule has 2 atom stereocenters. The van der Waals surface area contributed by atoms with Gasteiger partial charge in [-0.25, -0.2) is 22.2 Å². The fourth-order valence-electron chi connectivity index (χ4n) is 4.60. The fourth-order valence-corrected chi connectivity index (χ4v) is 7.40. The molecule has 0 spiro atoms. The minimum absolute atomic E-state index is 0.0546. The highest BCUT2D eigenvalue weighted by Gasteiger charge is 2.46. The summed E-state index contributed by atoms with van der Waals surface area (Å²) < 4.78 is 43.8. The summed E-state index contributed by atoms with van der Waals surface area (Å²) in [4.78, 5) is 15.7. The van der Waals surface area contributed by atoms with E-state index in [9.17, 15) is 17.6 Å². The van der Waals surface area contributed by atoms with Gasteiger partial charge in [0.1, 0.15) is 5.82 Å². The number of nitrogens with zero attached hydrogens (tertiary/aromatic N) is 3. The molecule has 1 N–H and O–H groups in total. The molecule has 3 heterocycles. The normalized spacial score (nSPS) is 20.7. The molecule has 2 aromatic heterocycles. The van der Waals surface area contributed by atoms with Crippen molar-refractivity contribution in [2.24, 2.45) is 0 Å². The number of sulfonamides is 1. The molecule has 0 unspecified atom stereocenters. The number of benzene rings is 2. The second-order valence-corrected chi connectivity index (χ2v) is 12.5. The predicted molar refractivity (Wildman–Crippen MR) is 134 cm³/mol. The zero-order valence-corrected chi connectivity index (χ0v) is 20.7. The molecule has 0 radical (unpaired) electrons. The highest BCUT2D eigenvalue weighted by Crippen LogP contribution is 2.42. The first-order chi connectivity index (χ1) is 16.8. The number of hydrogen-bond donors (Lipinski definition) is 1. The summed E-state index contributed by atoms with van der Waals surface area (Å²) in [6.45, 7) is 0. The Morgan fingerprint density at radius 2 is 1.80 bits per heavy atom. The monoisotopic (exact) mass is 530 g/mol. The van der Waals surface area contributed by atoms with E-state index in [0.29, 0.717) is 28.6 Å². The van der Waals surface area contributed by atoms with Gasteiger partial charge in [-0.2, -0.15) is 5.10 Å². The van der Waals surface area contributed by atoms with Gasteiger partial charge in [-0.15, -0.1) is 11.3 Å². The lowest BCUT2D eigenvalue weighted by Crippen LogP contribution is -2.41. The highest BCUT2D eigenvalue weighted by molar-refractivity contribution is 7.90. The van der Waals surface area contributed by atoms with Crippen LogP contribution in [-0.4, -0.2) is 35.4 Å². The molecule has 6 rings (SSSR count). The van der Waals surface area contributed by atoms with Gasteiger partial charge in [0.15, 0.2) is 0 Å². The minimum Gasteiger partial charge on any atom is -0.302 e. The third kappa shape index (κ3) is 4.14. The van der Waals surface area contributed by atoms with Crippen molar-refractivity contribution in [1.29, 1.82) is 0 Å². The summed E-state index contributed by atoms with van der Waals surface area (Å²) in [5.41, 5.74) is 2.16. The smallest absolute Gasteiger partial charge is 0.229 e. The summed E-state index contributed by atoms with van der Waals surface area (Å²) in [6.07, 6.45) is 3.03. The predicted octanol–water partition coefficient (Wildman–Crippen LogP) is 4.81. The van der Waals surface area contributed by atoms with Crippen LogP contribution in [0.1, 0.15) is 30.2 Å². The molecule has 2 fully saturated rings. The Hall–Kier alpha value is -2.79. The Morgan fingerprint density at radius 3 is 2.49 bits per heavy atom. The number of fused-ring (bicyclic) bond motifs is 1. The van der Waals surface area contributed by atoms with Crippen LogP contribution in [0, 0.1) is 5.82 Å². The molecule has 7 nitrogen and oxygen atoms in total. The number of carbonyl (C=O) groups excluding carboxylic acids is 1. The van der Waals surface area contributed by atoms with Crippen molar-refractivity contribution in [3.63, 3.8) is 0 Å². The first-order valence-corrected chi connectivity index (χ1v) is 13.9. The van der Waals surface area contributed by atoms with E-state index in [1.54, 1.807) is 34.0 Å². The maximum atomic E-state index is 13.3. The topological polar surface area (TPSA) is 84.3 Å². The maximum absolute atomic E-state index is 13.3. The van der Waals surface area contributed by atoms with Crippen molar-refractivity contribution >= 4 is 55.5 Å². The number of carbonyl (C=O) groups is 1. The van der Waals surface area contributed by atoms with Crippen LogP contribution in [0.4, 0.5) is 10.1 Å². The Bertz CT molecular complexity index is 1550. The minimum atomic E-state index is -3.50.